The Hall–Kier alpha value is -0.860. The molecule has 0 amide bonds. The molecule has 2 heteroatoms. The molecular weight excluding hydrogens is 184 g/mol. The summed E-state index contributed by atoms with van der Waals surface area (Å²) in [6.07, 6.45) is 3.79. The van der Waals surface area contributed by atoms with Gasteiger partial charge in [0.05, 0.1) is 0 Å². The second-order valence-electron chi connectivity index (χ2n) is 4.38. The highest BCUT2D eigenvalue weighted by atomic mass is 14.9. The van der Waals surface area contributed by atoms with Gasteiger partial charge in [-0.25, -0.2) is 0 Å². The van der Waals surface area contributed by atoms with Crippen molar-refractivity contribution >= 4 is 0 Å². The van der Waals surface area contributed by atoms with Crippen LogP contribution in [0, 0.1) is 0 Å². The average Bonchev–Trinajstić information content (AvgIpc) is 2.55. The summed E-state index contributed by atoms with van der Waals surface area (Å²) in [4.78, 5) is 0. The van der Waals surface area contributed by atoms with Gasteiger partial charge in [0.2, 0.25) is 0 Å². The summed E-state index contributed by atoms with van der Waals surface area (Å²) in [6.45, 7) is 1.84. The van der Waals surface area contributed by atoms with Gasteiger partial charge in [0, 0.05) is 19.1 Å². The Kier molecular flexibility index (Phi) is 3.75. The van der Waals surface area contributed by atoms with Crippen molar-refractivity contribution in [2.75, 3.05) is 13.1 Å². The molecule has 1 fully saturated rings. The lowest BCUT2D eigenvalue weighted by Gasteiger charge is -2.16. The molecule has 1 aromatic rings. The predicted molar refractivity (Wildman–Crippen MR) is 63.9 cm³/mol. The van der Waals surface area contributed by atoms with Crippen LogP contribution in [0.2, 0.25) is 0 Å². The van der Waals surface area contributed by atoms with Gasteiger partial charge >= 0.3 is 0 Å². The molecule has 15 heavy (non-hydrogen) atoms. The maximum atomic E-state index is 5.69. The van der Waals surface area contributed by atoms with Gasteiger partial charge in [0.15, 0.2) is 0 Å². The van der Waals surface area contributed by atoms with E-state index in [9.17, 15) is 0 Å². The molecule has 1 aromatic carbocycles. The Bertz CT molecular complexity index is 284. The van der Waals surface area contributed by atoms with Crippen molar-refractivity contribution < 1.29 is 0 Å². The van der Waals surface area contributed by atoms with Crippen molar-refractivity contribution in [3.8, 4) is 0 Å². The topological polar surface area (TPSA) is 38.0 Å². The molecule has 0 bridgehead atoms. The molecule has 1 aliphatic rings. The highest BCUT2D eigenvalue weighted by Crippen LogP contribution is 2.24. The first kappa shape index (κ1) is 10.7. The zero-order valence-corrected chi connectivity index (χ0v) is 9.15. The van der Waals surface area contributed by atoms with Gasteiger partial charge in [0.1, 0.15) is 0 Å². The van der Waals surface area contributed by atoms with Crippen molar-refractivity contribution in [1.29, 1.82) is 0 Å². The summed E-state index contributed by atoms with van der Waals surface area (Å²) < 4.78 is 0. The summed E-state index contributed by atoms with van der Waals surface area (Å²) in [6, 6.07) is 11.3. The Morgan fingerprint density at radius 1 is 1.20 bits per heavy atom. The molecule has 2 nitrogen and oxygen atoms in total. The fourth-order valence-electron chi connectivity index (χ4n) is 2.33. The number of benzene rings is 1. The number of nitrogens with one attached hydrogen (secondary N) is 1. The molecule has 1 aliphatic heterocycles. The molecule has 0 spiro atoms. The van der Waals surface area contributed by atoms with Crippen LogP contribution in [0.3, 0.4) is 0 Å². The van der Waals surface area contributed by atoms with Crippen LogP contribution in [-0.4, -0.2) is 19.1 Å². The zero-order chi connectivity index (χ0) is 10.5. The van der Waals surface area contributed by atoms with Crippen molar-refractivity contribution in [2.45, 2.75) is 31.2 Å². The first-order valence-corrected chi connectivity index (χ1v) is 5.88. The maximum Gasteiger partial charge on any atom is 0.0190 e. The van der Waals surface area contributed by atoms with Crippen molar-refractivity contribution in [2.24, 2.45) is 5.73 Å². The van der Waals surface area contributed by atoms with Gasteiger partial charge in [-0.3, -0.25) is 0 Å². The maximum absolute atomic E-state index is 5.69. The number of hydrogen-bond acceptors (Lipinski definition) is 2. The normalized spacial score (nSPS) is 27.3. The lowest BCUT2D eigenvalue weighted by molar-refractivity contribution is 0.512. The second-order valence-corrected chi connectivity index (χ2v) is 4.38. The van der Waals surface area contributed by atoms with Crippen LogP contribution in [0.25, 0.3) is 0 Å². The molecule has 3 N–H and O–H groups in total. The highest BCUT2D eigenvalue weighted by Gasteiger charge is 2.17. The highest BCUT2D eigenvalue weighted by molar-refractivity contribution is 5.20. The Labute approximate surface area is 91.9 Å². The SMILES string of the molecule is NCC1CCCC(c2ccccc2)CN1. The Balaban J connectivity index is 2.00. The molecule has 0 aromatic heterocycles. The van der Waals surface area contributed by atoms with E-state index in [0.717, 1.165) is 13.1 Å². The smallest absolute Gasteiger partial charge is 0.0190 e. The van der Waals surface area contributed by atoms with E-state index < -0.39 is 0 Å². The molecule has 0 radical (unpaired) electrons. The fraction of sp³-hybridized carbons (Fsp3) is 0.538. The minimum absolute atomic E-state index is 0.527. The summed E-state index contributed by atoms with van der Waals surface area (Å²) >= 11 is 0. The van der Waals surface area contributed by atoms with E-state index in [1.807, 2.05) is 0 Å². The van der Waals surface area contributed by atoms with Crippen molar-refractivity contribution in [3.63, 3.8) is 0 Å². The molecule has 2 atom stereocenters. The Morgan fingerprint density at radius 3 is 2.73 bits per heavy atom. The minimum atomic E-state index is 0.527. The lowest BCUT2D eigenvalue weighted by atomic mass is 9.94. The third-order valence-electron chi connectivity index (χ3n) is 3.31. The molecule has 0 saturated carbocycles. The van der Waals surface area contributed by atoms with Gasteiger partial charge in [0.25, 0.3) is 0 Å². The Morgan fingerprint density at radius 2 is 2.00 bits per heavy atom. The number of rotatable bonds is 2. The van der Waals surface area contributed by atoms with E-state index in [4.69, 9.17) is 5.73 Å². The number of nitrogens with two attached hydrogens (primary N) is 1. The van der Waals surface area contributed by atoms with Crippen LogP contribution in [-0.2, 0) is 0 Å². The fourth-order valence-corrected chi connectivity index (χ4v) is 2.33. The van der Waals surface area contributed by atoms with E-state index in [1.165, 1.54) is 24.8 Å². The zero-order valence-electron chi connectivity index (χ0n) is 9.15. The van der Waals surface area contributed by atoms with Gasteiger partial charge < -0.3 is 11.1 Å². The molecule has 2 unspecified atom stereocenters. The lowest BCUT2D eigenvalue weighted by Crippen LogP contribution is -2.36. The third-order valence-corrected chi connectivity index (χ3v) is 3.31. The summed E-state index contributed by atoms with van der Waals surface area (Å²) in [7, 11) is 0. The summed E-state index contributed by atoms with van der Waals surface area (Å²) in [5.41, 5.74) is 7.16. The van der Waals surface area contributed by atoms with Crippen LogP contribution in [0.5, 0.6) is 0 Å². The van der Waals surface area contributed by atoms with Gasteiger partial charge in [-0.1, -0.05) is 36.8 Å². The van der Waals surface area contributed by atoms with Crippen LogP contribution in [0.4, 0.5) is 0 Å². The monoisotopic (exact) mass is 204 g/mol. The first-order valence-electron chi connectivity index (χ1n) is 5.88. The molecule has 2 rings (SSSR count). The first-order chi connectivity index (χ1) is 7.40. The molecule has 1 saturated heterocycles. The van der Waals surface area contributed by atoms with Gasteiger partial charge in [-0.05, 0) is 24.3 Å². The van der Waals surface area contributed by atoms with Crippen LogP contribution in [0.1, 0.15) is 30.7 Å². The van der Waals surface area contributed by atoms with Crippen LogP contribution < -0.4 is 11.1 Å². The van der Waals surface area contributed by atoms with Gasteiger partial charge in [-0.15, -0.1) is 0 Å². The largest absolute Gasteiger partial charge is 0.329 e. The van der Waals surface area contributed by atoms with Crippen molar-refractivity contribution in [1.82, 2.24) is 5.32 Å². The molecule has 0 aliphatic carbocycles. The molecule has 82 valence electrons. The quantitative estimate of drug-likeness (QED) is 0.772. The predicted octanol–water partition coefficient (Wildman–Crippen LogP) is 1.87. The summed E-state index contributed by atoms with van der Waals surface area (Å²) in [5.74, 6) is 0.669. The van der Waals surface area contributed by atoms with Crippen LogP contribution in [0.15, 0.2) is 30.3 Å². The van der Waals surface area contributed by atoms with E-state index in [0.29, 0.717) is 12.0 Å². The minimum Gasteiger partial charge on any atom is -0.329 e. The van der Waals surface area contributed by atoms with E-state index in [1.54, 1.807) is 0 Å². The van der Waals surface area contributed by atoms with Gasteiger partial charge in [-0.2, -0.15) is 0 Å². The number of hydrogen-bond donors (Lipinski definition) is 2. The average molecular weight is 204 g/mol. The standard InChI is InChI=1S/C13H20N2/c14-9-13-8-4-7-12(10-15-13)11-5-2-1-3-6-11/h1-3,5-6,12-13,15H,4,7-10,14H2. The summed E-state index contributed by atoms with van der Waals surface area (Å²) in [5, 5.41) is 3.55. The van der Waals surface area contributed by atoms with E-state index in [2.05, 4.69) is 35.6 Å². The van der Waals surface area contributed by atoms with E-state index in [-0.39, 0.29) is 0 Å². The van der Waals surface area contributed by atoms with E-state index >= 15 is 0 Å². The van der Waals surface area contributed by atoms with Crippen molar-refractivity contribution in [3.05, 3.63) is 35.9 Å². The van der Waals surface area contributed by atoms with Crippen LogP contribution >= 0.6 is 0 Å². The third kappa shape index (κ3) is 2.80. The molecule has 1 heterocycles. The second kappa shape index (κ2) is 5.29. The molecular formula is C13H20N2.